The molecule has 3 aromatic rings. The Hall–Kier alpha value is -4.60. The summed E-state index contributed by atoms with van der Waals surface area (Å²) < 4.78 is 21.4. The summed E-state index contributed by atoms with van der Waals surface area (Å²) in [5.74, 6) is 0.343. The summed E-state index contributed by atoms with van der Waals surface area (Å²) >= 11 is 0. The van der Waals surface area contributed by atoms with Crippen molar-refractivity contribution in [2.24, 2.45) is 0 Å². The number of carbonyl (C=O) groups excluding carboxylic acids is 3. The van der Waals surface area contributed by atoms with Crippen LogP contribution in [0.2, 0.25) is 0 Å². The molecule has 0 spiro atoms. The number of ether oxygens (including phenoxy) is 3. The molecule has 36 heavy (non-hydrogen) atoms. The Bertz CT molecular complexity index is 1240. The van der Waals surface area contributed by atoms with E-state index in [0.717, 1.165) is 11.3 Å². The van der Waals surface area contributed by atoms with Crippen molar-refractivity contribution in [3.63, 3.8) is 0 Å². The van der Waals surface area contributed by atoms with E-state index in [4.69, 9.17) is 18.7 Å². The van der Waals surface area contributed by atoms with E-state index in [2.05, 4.69) is 15.8 Å². The molecular formula is C26H27N3O7. The van der Waals surface area contributed by atoms with E-state index < -0.39 is 18.5 Å². The van der Waals surface area contributed by atoms with Gasteiger partial charge in [0, 0.05) is 24.4 Å². The fourth-order valence-corrected chi connectivity index (χ4v) is 3.15. The van der Waals surface area contributed by atoms with Crippen LogP contribution in [0.1, 0.15) is 29.5 Å². The smallest absolute Gasteiger partial charge is 0.331 e. The second kappa shape index (κ2) is 12.2. The molecule has 0 aliphatic rings. The van der Waals surface area contributed by atoms with Gasteiger partial charge in [-0.15, -0.1) is 0 Å². The Balaban J connectivity index is 1.49. The van der Waals surface area contributed by atoms with Gasteiger partial charge in [0.15, 0.2) is 18.1 Å². The van der Waals surface area contributed by atoms with Gasteiger partial charge in [0.25, 0.3) is 5.91 Å². The predicted octanol–water partition coefficient (Wildman–Crippen LogP) is 4.03. The highest BCUT2D eigenvalue weighted by Crippen LogP contribution is 2.30. The van der Waals surface area contributed by atoms with Crippen molar-refractivity contribution in [2.75, 3.05) is 24.4 Å². The maximum Gasteiger partial charge on any atom is 0.331 e. The average Bonchev–Trinajstić information content (AvgIpc) is 3.18. The van der Waals surface area contributed by atoms with Crippen molar-refractivity contribution in [3.8, 4) is 11.5 Å². The number of nitrogens with one attached hydrogen (secondary N) is 2. The van der Waals surface area contributed by atoms with Crippen molar-refractivity contribution in [1.82, 2.24) is 5.16 Å². The second-order valence-electron chi connectivity index (χ2n) is 7.75. The Kier molecular flexibility index (Phi) is 8.82. The quantitative estimate of drug-likeness (QED) is 0.320. The number of hydrogen-bond acceptors (Lipinski definition) is 8. The van der Waals surface area contributed by atoms with E-state index in [1.165, 1.54) is 20.1 Å². The number of anilines is 2. The van der Waals surface area contributed by atoms with Gasteiger partial charge in [0.1, 0.15) is 12.4 Å². The molecule has 0 unspecified atom stereocenters. The van der Waals surface area contributed by atoms with Gasteiger partial charge in [-0.2, -0.15) is 0 Å². The van der Waals surface area contributed by atoms with Gasteiger partial charge in [0.2, 0.25) is 5.91 Å². The first-order valence-corrected chi connectivity index (χ1v) is 11.0. The van der Waals surface area contributed by atoms with Crippen LogP contribution in [-0.2, 0) is 25.7 Å². The van der Waals surface area contributed by atoms with Gasteiger partial charge < -0.3 is 29.4 Å². The van der Waals surface area contributed by atoms with Crippen LogP contribution in [0.4, 0.5) is 11.4 Å². The molecule has 188 valence electrons. The van der Waals surface area contributed by atoms with Crippen LogP contribution in [0.15, 0.2) is 53.1 Å². The second-order valence-corrected chi connectivity index (χ2v) is 7.75. The number of aromatic nitrogens is 1. The van der Waals surface area contributed by atoms with E-state index in [9.17, 15) is 14.4 Å². The Morgan fingerprint density at radius 1 is 1.00 bits per heavy atom. The van der Waals surface area contributed by atoms with Crippen molar-refractivity contribution in [3.05, 3.63) is 71.1 Å². The minimum absolute atomic E-state index is 0.192. The molecule has 10 heteroatoms. The van der Waals surface area contributed by atoms with Crippen molar-refractivity contribution in [1.29, 1.82) is 0 Å². The molecular weight excluding hydrogens is 466 g/mol. The molecule has 0 fully saturated rings. The molecule has 0 saturated heterocycles. The van der Waals surface area contributed by atoms with E-state index in [-0.39, 0.29) is 12.5 Å². The normalized spacial score (nSPS) is 10.7. The van der Waals surface area contributed by atoms with E-state index in [1.807, 2.05) is 13.8 Å². The van der Waals surface area contributed by atoms with Crippen LogP contribution < -0.4 is 20.1 Å². The van der Waals surface area contributed by atoms with Crippen LogP contribution in [0, 0.1) is 13.8 Å². The predicted molar refractivity (Wildman–Crippen MR) is 133 cm³/mol. The molecule has 2 aromatic carbocycles. The zero-order valence-electron chi connectivity index (χ0n) is 20.4. The molecule has 2 amide bonds. The van der Waals surface area contributed by atoms with Crippen molar-refractivity contribution >= 4 is 35.2 Å². The zero-order valence-corrected chi connectivity index (χ0v) is 20.4. The zero-order chi connectivity index (χ0) is 26.1. The first kappa shape index (κ1) is 26.0. The molecule has 0 radical (unpaired) electrons. The number of aryl methyl sites for hydroxylation is 2. The molecule has 0 aliphatic carbocycles. The minimum atomic E-state index is -0.677. The lowest BCUT2D eigenvalue weighted by atomic mass is 10.2. The lowest BCUT2D eigenvalue weighted by Gasteiger charge is -2.11. The van der Waals surface area contributed by atoms with Crippen LogP contribution in [0.5, 0.6) is 11.5 Å². The summed E-state index contributed by atoms with van der Waals surface area (Å²) in [6.45, 7) is 4.89. The first-order valence-electron chi connectivity index (χ1n) is 11.0. The van der Waals surface area contributed by atoms with Gasteiger partial charge >= 0.3 is 5.97 Å². The third kappa shape index (κ3) is 7.45. The summed E-state index contributed by atoms with van der Waals surface area (Å²) in [5.41, 5.74) is 3.42. The molecule has 1 aromatic heterocycles. The first-order chi connectivity index (χ1) is 17.2. The van der Waals surface area contributed by atoms with Gasteiger partial charge in [-0.3, -0.25) is 9.59 Å². The molecule has 0 saturated carbocycles. The van der Waals surface area contributed by atoms with E-state index in [1.54, 1.807) is 48.5 Å². The van der Waals surface area contributed by atoms with Crippen molar-refractivity contribution < 1.29 is 33.1 Å². The molecule has 0 bridgehead atoms. The molecule has 0 atom stereocenters. The fraction of sp³-hybridized carbons (Fsp3) is 0.231. The Morgan fingerprint density at radius 2 is 1.69 bits per heavy atom. The largest absolute Gasteiger partial charge is 0.493 e. The maximum atomic E-state index is 12.0. The van der Waals surface area contributed by atoms with Gasteiger partial charge in [-0.25, -0.2) is 4.79 Å². The number of hydrogen-bond donors (Lipinski definition) is 2. The highest BCUT2D eigenvalue weighted by atomic mass is 16.5. The van der Waals surface area contributed by atoms with Gasteiger partial charge in [-0.05, 0) is 61.9 Å². The summed E-state index contributed by atoms with van der Waals surface area (Å²) in [6, 6.07) is 11.7. The minimum Gasteiger partial charge on any atom is -0.493 e. The highest BCUT2D eigenvalue weighted by Gasteiger charge is 2.12. The lowest BCUT2D eigenvalue weighted by Crippen LogP contribution is -2.20. The number of rotatable bonds is 10. The summed E-state index contributed by atoms with van der Waals surface area (Å²) in [5, 5.41) is 9.15. The number of esters is 1. The molecule has 10 nitrogen and oxygen atoms in total. The topological polar surface area (TPSA) is 129 Å². The highest BCUT2D eigenvalue weighted by molar-refractivity contribution is 5.95. The summed E-state index contributed by atoms with van der Waals surface area (Å²) in [7, 11) is 1.52. The van der Waals surface area contributed by atoms with E-state index in [0.29, 0.717) is 34.2 Å². The van der Waals surface area contributed by atoms with Crippen LogP contribution in [-0.4, -0.2) is 36.7 Å². The standard InChI is InChI=1S/C26H27N3O7/c1-16-22(17(2)36-29-16)14-34-23-11-5-19(13-24(23)33-4)6-12-26(32)35-15-25(31)28-21-9-7-20(8-10-21)27-18(3)30/h5-13H,14-15H2,1-4H3,(H,27,30)(H,28,31)/b12-6+. The Labute approximate surface area is 208 Å². The number of amides is 2. The van der Waals surface area contributed by atoms with Crippen molar-refractivity contribution in [2.45, 2.75) is 27.4 Å². The Morgan fingerprint density at radius 3 is 2.31 bits per heavy atom. The lowest BCUT2D eigenvalue weighted by molar-refractivity contribution is -0.142. The van der Waals surface area contributed by atoms with Gasteiger partial charge in [0.05, 0.1) is 18.4 Å². The summed E-state index contributed by atoms with van der Waals surface area (Å²) in [6.07, 6.45) is 2.76. The van der Waals surface area contributed by atoms with E-state index >= 15 is 0 Å². The number of nitrogens with zero attached hydrogens (tertiary/aromatic N) is 1. The molecule has 1 heterocycles. The molecule has 0 aliphatic heterocycles. The van der Waals surface area contributed by atoms with Crippen LogP contribution in [0.25, 0.3) is 6.08 Å². The monoisotopic (exact) mass is 493 g/mol. The van der Waals surface area contributed by atoms with Crippen LogP contribution in [0.3, 0.4) is 0 Å². The third-order valence-electron chi connectivity index (χ3n) is 4.99. The third-order valence-corrected chi connectivity index (χ3v) is 4.99. The van der Waals surface area contributed by atoms with Crippen LogP contribution >= 0.6 is 0 Å². The maximum absolute atomic E-state index is 12.0. The summed E-state index contributed by atoms with van der Waals surface area (Å²) in [4.78, 5) is 35.1. The average molecular weight is 494 g/mol. The molecule has 2 N–H and O–H groups in total. The number of carbonyl (C=O) groups is 3. The van der Waals surface area contributed by atoms with Gasteiger partial charge in [-0.1, -0.05) is 11.2 Å². The number of methoxy groups -OCH3 is 1. The molecule has 3 rings (SSSR count). The SMILES string of the molecule is COc1cc(/C=C/C(=O)OCC(=O)Nc2ccc(NC(C)=O)cc2)ccc1OCc1c(C)noc1C. The fourth-order valence-electron chi connectivity index (χ4n) is 3.15. The number of benzene rings is 2.